The number of methoxy groups -OCH3 is 1. The van der Waals surface area contributed by atoms with Crippen molar-refractivity contribution < 1.29 is 19.0 Å². The molecule has 3 aromatic rings. The molecular formula is C21H18ClFN4O3. The van der Waals surface area contributed by atoms with Gasteiger partial charge in [0, 0.05) is 18.3 Å². The molecule has 0 fully saturated rings. The molecule has 0 amide bonds. The summed E-state index contributed by atoms with van der Waals surface area (Å²) in [7, 11) is 1.33. The van der Waals surface area contributed by atoms with Crippen LogP contribution in [-0.2, 0) is 22.5 Å². The van der Waals surface area contributed by atoms with E-state index in [0.717, 1.165) is 0 Å². The van der Waals surface area contributed by atoms with Crippen molar-refractivity contribution in [3.8, 4) is 11.3 Å². The van der Waals surface area contributed by atoms with Gasteiger partial charge in [-0.25, -0.2) is 9.37 Å². The minimum Gasteiger partial charge on any atom is -0.469 e. The number of carbonyl (C=O) groups excluding carboxylic acids is 1. The van der Waals surface area contributed by atoms with Gasteiger partial charge in [0.15, 0.2) is 0 Å². The van der Waals surface area contributed by atoms with E-state index < -0.39 is 12.0 Å². The molecule has 1 aliphatic heterocycles. The average Bonchev–Trinajstić information content (AvgIpc) is 3.10. The van der Waals surface area contributed by atoms with Gasteiger partial charge in [-0.1, -0.05) is 23.7 Å². The van der Waals surface area contributed by atoms with Crippen LogP contribution < -0.4 is 10.6 Å². The van der Waals surface area contributed by atoms with Crippen LogP contribution in [0.1, 0.15) is 23.0 Å². The number of anilines is 2. The molecule has 7 nitrogen and oxygen atoms in total. The fourth-order valence-corrected chi connectivity index (χ4v) is 3.56. The zero-order valence-corrected chi connectivity index (χ0v) is 16.7. The first-order valence-electron chi connectivity index (χ1n) is 9.14. The number of benzene rings is 1. The second-order valence-electron chi connectivity index (χ2n) is 6.73. The van der Waals surface area contributed by atoms with Crippen LogP contribution in [-0.4, -0.2) is 28.2 Å². The van der Waals surface area contributed by atoms with Crippen molar-refractivity contribution in [2.75, 3.05) is 12.4 Å². The number of pyridine rings is 2. The highest BCUT2D eigenvalue weighted by Gasteiger charge is 2.27. The van der Waals surface area contributed by atoms with Crippen molar-refractivity contribution in [1.82, 2.24) is 15.3 Å². The smallest absolute Gasteiger partial charge is 0.310 e. The first-order valence-corrected chi connectivity index (χ1v) is 9.52. The van der Waals surface area contributed by atoms with Crippen molar-refractivity contribution in [2.24, 2.45) is 0 Å². The van der Waals surface area contributed by atoms with E-state index in [4.69, 9.17) is 11.6 Å². The topological polar surface area (TPSA) is 96.4 Å². The minimum atomic E-state index is -0.918. The lowest BCUT2D eigenvalue weighted by Gasteiger charge is -2.15. The van der Waals surface area contributed by atoms with E-state index in [9.17, 15) is 14.3 Å². The molecule has 1 aromatic carbocycles. The largest absolute Gasteiger partial charge is 0.469 e. The van der Waals surface area contributed by atoms with E-state index in [-0.39, 0.29) is 23.0 Å². The molecule has 3 heterocycles. The number of halogens is 2. The summed E-state index contributed by atoms with van der Waals surface area (Å²) in [5, 5.41) is 16.6. The van der Waals surface area contributed by atoms with Gasteiger partial charge in [-0.2, -0.15) is 0 Å². The number of ether oxygens (including phenoxy) is 1. The lowest BCUT2D eigenvalue weighted by atomic mass is 10.1. The summed E-state index contributed by atoms with van der Waals surface area (Å²) >= 11 is 6.21. The summed E-state index contributed by atoms with van der Waals surface area (Å²) in [5.41, 5.74) is 2.91. The molecule has 3 N–H and O–H groups in total. The van der Waals surface area contributed by atoms with E-state index in [1.54, 1.807) is 30.5 Å². The van der Waals surface area contributed by atoms with Gasteiger partial charge in [-0.05, 0) is 29.8 Å². The molecule has 1 unspecified atom stereocenters. The fraction of sp³-hybridized carbons (Fsp3) is 0.190. The van der Waals surface area contributed by atoms with Gasteiger partial charge in [0.1, 0.15) is 17.9 Å². The zero-order chi connectivity index (χ0) is 21.3. The average molecular weight is 429 g/mol. The lowest BCUT2D eigenvalue weighted by molar-refractivity contribution is -0.139. The molecule has 0 aliphatic carbocycles. The summed E-state index contributed by atoms with van der Waals surface area (Å²) in [4.78, 5) is 20.2. The van der Waals surface area contributed by atoms with Gasteiger partial charge in [-0.3, -0.25) is 15.1 Å². The maximum Gasteiger partial charge on any atom is 0.310 e. The lowest BCUT2D eigenvalue weighted by Crippen LogP contribution is -2.11. The molecule has 9 heteroatoms. The number of nitrogens with zero attached hydrogens (tertiary/aromatic N) is 2. The number of esters is 1. The monoisotopic (exact) mass is 428 g/mol. The third-order valence-electron chi connectivity index (χ3n) is 4.76. The number of hydrogen-bond donors (Lipinski definition) is 3. The number of rotatable bonds is 5. The Labute approximate surface area is 176 Å². The Morgan fingerprint density at radius 2 is 2.23 bits per heavy atom. The van der Waals surface area contributed by atoms with Crippen LogP contribution in [0, 0.1) is 5.82 Å². The number of aliphatic hydroxyl groups excluding tert-OH is 1. The molecule has 154 valence electrons. The van der Waals surface area contributed by atoms with Gasteiger partial charge in [0.2, 0.25) is 0 Å². The first kappa shape index (κ1) is 20.2. The zero-order valence-electron chi connectivity index (χ0n) is 15.9. The van der Waals surface area contributed by atoms with Crippen LogP contribution >= 0.6 is 11.6 Å². The molecule has 0 radical (unpaired) electrons. The second kappa shape index (κ2) is 8.35. The van der Waals surface area contributed by atoms with E-state index in [1.165, 1.54) is 19.2 Å². The van der Waals surface area contributed by atoms with Crippen LogP contribution in [0.4, 0.5) is 15.9 Å². The van der Waals surface area contributed by atoms with Gasteiger partial charge in [0.25, 0.3) is 0 Å². The minimum absolute atomic E-state index is 0.118. The van der Waals surface area contributed by atoms with Crippen LogP contribution in [0.25, 0.3) is 11.3 Å². The summed E-state index contributed by atoms with van der Waals surface area (Å²) < 4.78 is 19.1. The SMILES string of the molecule is COC(=O)Cc1ccc(Nc2cc(-c3c(F)cccc3Cl)nc3c2C(O)NC3)nc1. The summed E-state index contributed by atoms with van der Waals surface area (Å²) in [5.74, 6) is -0.357. The van der Waals surface area contributed by atoms with E-state index >= 15 is 0 Å². The Bertz CT molecular complexity index is 1090. The molecule has 4 rings (SSSR count). The van der Waals surface area contributed by atoms with Crippen LogP contribution in [0.5, 0.6) is 0 Å². The molecule has 1 aliphatic rings. The van der Waals surface area contributed by atoms with E-state index in [2.05, 4.69) is 25.3 Å². The third kappa shape index (κ3) is 3.97. The highest BCUT2D eigenvalue weighted by molar-refractivity contribution is 6.33. The van der Waals surface area contributed by atoms with Gasteiger partial charge in [-0.15, -0.1) is 0 Å². The van der Waals surface area contributed by atoms with Crippen molar-refractivity contribution in [2.45, 2.75) is 19.2 Å². The Kier molecular flexibility index (Phi) is 5.63. The number of aromatic nitrogens is 2. The Morgan fingerprint density at radius 3 is 2.93 bits per heavy atom. The number of hydrogen-bond acceptors (Lipinski definition) is 7. The summed E-state index contributed by atoms with van der Waals surface area (Å²) in [6.45, 7) is 0.330. The summed E-state index contributed by atoms with van der Waals surface area (Å²) in [6, 6.07) is 9.52. The number of fused-ring (bicyclic) bond motifs is 1. The maximum absolute atomic E-state index is 14.4. The predicted molar refractivity (Wildman–Crippen MR) is 110 cm³/mol. The highest BCUT2D eigenvalue weighted by Crippen LogP contribution is 2.37. The highest BCUT2D eigenvalue weighted by atomic mass is 35.5. The first-order chi connectivity index (χ1) is 14.5. The van der Waals surface area contributed by atoms with Crippen molar-refractivity contribution in [1.29, 1.82) is 0 Å². The van der Waals surface area contributed by atoms with E-state index in [1.807, 2.05) is 0 Å². The fourth-order valence-electron chi connectivity index (χ4n) is 3.30. The van der Waals surface area contributed by atoms with Crippen molar-refractivity contribution >= 4 is 29.1 Å². The summed E-state index contributed by atoms with van der Waals surface area (Å²) in [6.07, 6.45) is 0.760. The Morgan fingerprint density at radius 1 is 1.40 bits per heavy atom. The molecule has 0 spiro atoms. The molecule has 1 atom stereocenters. The van der Waals surface area contributed by atoms with Crippen LogP contribution in [0.2, 0.25) is 5.02 Å². The quantitative estimate of drug-likeness (QED) is 0.535. The molecule has 2 aromatic heterocycles. The van der Waals surface area contributed by atoms with Crippen LogP contribution in [0.3, 0.4) is 0 Å². The van der Waals surface area contributed by atoms with Gasteiger partial charge >= 0.3 is 5.97 Å². The molecule has 0 saturated carbocycles. The van der Waals surface area contributed by atoms with Crippen molar-refractivity contribution in [3.63, 3.8) is 0 Å². The standard InChI is InChI=1S/C21H18ClFN4O3/c1-30-18(28)7-11-5-6-17(24-9-11)27-15-8-14(19-12(22)3-2-4-13(19)23)26-16-10-25-21(29)20(15)16/h2-6,8-9,21,25,29H,7,10H2,1H3,(H,24,26,27). The van der Waals surface area contributed by atoms with Crippen LogP contribution in [0.15, 0.2) is 42.6 Å². The molecule has 30 heavy (non-hydrogen) atoms. The number of carbonyl (C=O) groups is 1. The predicted octanol–water partition coefficient (Wildman–Crippen LogP) is 3.49. The maximum atomic E-state index is 14.4. The second-order valence-corrected chi connectivity index (χ2v) is 7.13. The number of aliphatic hydroxyl groups is 1. The normalized spacial score (nSPS) is 15.0. The Hall–Kier alpha value is -3.07. The van der Waals surface area contributed by atoms with Gasteiger partial charge < -0.3 is 15.2 Å². The Balaban J connectivity index is 1.71. The van der Waals surface area contributed by atoms with E-state index in [0.29, 0.717) is 40.6 Å². The number of nitrogens with one attached hydrogen (secondary N) is 2. The van der Waals surface area contributed by atoms with Gasteiger partial charge in [0.05, 0.1) is 41.2 Å². The third-order valence-corrected chi connectivity index (χ3v) is 5.07. The molecule has 0 bridgehead atoms. The van der Waals surface area contributed by atoms with Crippen molar-refractivity contribution in [3.05, 3.63) is 70.3 Å². The molecule has 0 saturated heterocycles. The molecular weight excluding hydrogens is 411 g/mol.